The predicted octanol–water partition coefficient (Wildman–Crippen LogP) is 1.35. The Kier molecular flexibility index (Phi) is 2.70. The van der Waals surface area contributed by atoms with Gasteiger partial charge in [-0.1, -0.05) is 0 Å². The highest BCUT2D eigenvalue weighted by atomic mass is 16.5. The van der Waals surface area contributed by atoms with Crippen molar-refractivity contribution in [3.8, 4) is 6.07 Å². The summed E-state index contributed by atoms with van der Waals surface area (Å²) in [5.74, 6) is 0. The quantitative estimate of drug-likeness (QED) is 0.652. The molecule has 0 aromatic carbocycles. The lowest BCUT2D eigenvalue weighted by Crippen LogP contribution is -2.02. The third-order valence-electron chi connectivity index (χ3n) is 1.38. The number of hydrogen-bond donors (Lipinski definition) is 0. The first-order valence-electron chi connectivity index (χ1n) is 3.51. The van der Waals surface area contributed by atoms with Gasteiger partial charge in [0.05, 0.1) is 0 Å². The molecule has 0 saturated heterocycles. The van der Waals surface area contributed by atoms with E-state index in [1.165, 1.54) is 0 Å². The molecule has 3 heteroatoms. The Hall–Kier alpha value is -1.27. The van der Waals surface area contributed by atoms with Crippen molar-refractivity contribution in [1.29, 1.82) is 5.26 Å². The summed E-state index contributed by atoms with van der Waals surface area (Å²) in [4.78, 5) is 0. The van der Waals surface area contributed by atoms with Crippen LogP contribution in [0.5, 0.6) is 0 Å². The first kappa shape index (κ1) is 7.83. The summed E-state index contributed by atoms with van der Waals surface area (Å²) in [6.45, 7) is 3.06. The summed E-state index contributed by atoms with van der Waals surface area (Å²) in [6.07, 6.45) is 1.83. The van der Waals surface area contributed by atoms with Crippen LogP contribution in [0.4, 0.5) is 0 Å². The average Bonchev–Trinajstić information content (AvgIpc) is 2.47. The van der Waals surface area contributed by atoms with E-state index in [2.05, 4.69) is 6.07 Å². The predicted molar refractivity (Wildman–Crippen MR) is 40.8 cm³/mol. The second-order valence-electron chi connectivity index (χ2n) is 2.10. The molecule has 1 aromatic heterocycles. The lowest BCUT2D eigenvalue weighted by atomic mass is 10.5. The maximum Gasteiger partial charge on any atom is 0.123 e. The minimum absolute atomic E-state index is 0.465. The van der Waals surface area contributed by atoms with E-state index >= 15 is 0 Å². The highest BCUT2D eigenvalue weighted by Gasteiger charge is 1.96. The van der Waals surface area contributed by atoms with Crippen LogP contribution in [0, 0.1) is 11.3 Å². The lowest BCUT2D eigenvalue weighted by molar-refractivity contribution is 0.0876. The van der Waals surface area contributed by atoms with Gasteiger partial charge in [0.25, 0.3) is 0 Å². The van der Waals surface area contributed by atoms with Crippen molar-refractivity contribution in [2.24, 2.45) is 0 Å². The van der Waals surface area contributed by atoms with Crippen molar-refractivity contribution < 1.29 is 4.74 Å². The van der Waals surface area contributed by atoms with Crippen LogP contribution >= 0.6 is 0 Å². The van der Waals surface area contributed by atoms with Crippen molar-refractivity contribution >= 4 is 0 Å². The van der Waals surface area contributed by atoms with Gasteiger partial charge in [0.15, 0.2) is 0 Å². The zero-order valence-electron chi connectivity index (χ0n) is 6.45. The molecule has 0 aliphatic carbocycles. The molecule has 0 aliphatic rings. The number of ether oxygens (including phenoxy) is 1. The van der Waals surface area contributed by atoms with Gasteiger partial charge >= 0.3 is 0 Å². The second-order valence-corrected chi connectivity index (χ2v) is 2.10. The minimum atomic E-state index is 0.465. The van der Waals surface area contributed by atoms with Crippen LogP contribution in [-0.4, -0.2) is 11.2 Å². The van der Waals surface area contributed by atoms with Crippen LogP contribution < -0.4 is 0 Å². The molecule has 3 nitrogen and oxygen atoms in total. The van der Waals surface area contributed by atoms with Gasteiger partial charge in [-0.3, -0.25) is 0 Å². The van der Waals surface area contributed by atoms with Gasteiger partial charge in [-0.25, -0.2) is 0 Å². The van der Waals surface area contributed by atoms with E-state index < -0.39 is 0 Å². The summed E-state index contributed by atoms with van der Waals surface area (Å²) >= 11 is 0. The molecule has 0 unspecified atom stereocenters. The van der Waals surface area contributed by atoms with Crippen molar-refractivity contribution in [2.45, 2.75) is 13.7 Å². The maximum atomic E-state index is 8.58. The van der Waals surface area contributed by atoms with Gasteiger partial charge in [0.2, 0.25) is 0 Å². The molecule has 1 heterocycles. The van der Waals surface area contributed by atoms with Gasteiger partial charge in [-0.05, 0) is 19.1 Å². The Labute approximate surface area is 65.8 Å². The van der Waals surface area contributed by atoms with Gasteiger partial charge in [-0.15, -0.1) is 0 Å². The van der Waals surface area contributed by atoms with Gasteiger partial charge < -0.3 is 9.30 Å². The molecule has 11 heavy (non-hydrogen) atoms. The zero-order chi connectivity index (χ0) is 8.10. The van der Waals surface area contributed by atoms with Crippen molar-refractivity contribution in [1.82, 2.24) is 4.57 Å². The number of rotatable bonds is 3. The molecule has 0 atom stereocenters. The second kappa shape index (κ2) is 3.79. The van der Waals surface area contributed by atoms with E-state index in [-0.39, 0.29) is 0 Å². The van der Waals surface area contributed by atoms with Gasteiger partial charge in [0.1, 0.15) is 18.5 Å². The molecule has 0 fully saturated rings. The molecular formula is C8H10N2O. The molecule has 0 spiro atoms. The van der Waals surface area contributed by atoms with Crippen LogP contribution in [0.25, 0.3) is 0 Å². The Morgan fingerprint density at radius 3 is 3.18 bits per heavy atom. The van der Waals surface area contributed by atoms with Crippen LogP contribution in [0.3, 0.4) is 0 Å². The Balaban J connectivity index is 2.63. The lowest BCUT2D eigenvalue weighted by Gasteiger charge is -2.02. The Morgan fingerprint density at radius 1 is 1.73 bits per heavy atom. The third kappa shape index (κ3) is 1.82. The van der Waals surface area contributed by atoms with E-state index in [4.69, 9.17) is 10.00 Å². The largest absolute Gasteiger partial charge is 0.361 e. The standard InChI is InChI=1S/C8H10N2O/c1-2-11-7-10-5-3-4-8(10)6-9/h3-5H,2,7H2,1H3. The summed E-state index contributed by atoms with van der Waals surface area (Å²) in [5.41, 5.74) is 0.637. The van der Waals surface area contributed by atoms with E-state index in [9.17, 15) is 0 Å². The monoisotopic (exact) mass is 150 g/mol. The smallest absolute Gasteiger partial charge is 0.123 e. The number of hydrogen-bond acceptors (Lipinski definition) is 2. The fourth-order valence-electron chi connectivity index (χ4n) is 0.818. The third-order valence-corrected chi connectivity index (χ3v) is 1.38. The molecule has 0 amide bonds. The Bertz CT molecular complexity index is 259. The molecule has 0 radical (unpaired) electrons. The molecule has 0 bridgehead atoms. The Morgan fingerprint density at radius 2 is 2.55 bits per heavy atom. The molecule has 0 N–H and O–H groups in total. The highest BCUT2D eigenvalue weighted by molar-refractivity contribution is 5.21. The van der Waals surface area contributed by atoms with Crippen LogP contribution in [-0.2, 0) is 11.5 Å². The molecule has 58 valence electrons. The van der Waals surface area contributed by atoms with E-state index in [1.54, 1.807) is 10.6 Å². The normalized spacial score (nSPS) is 9.45. The summed E-state index contributed by atoms with van der Waals surface area (Å²) < 4.78 is 6.90. The number of nitriles is 1. The fraction of sp³-hybridized carbons (Fsp3) is 0.375. The van der Waals surface area contributed by atoms with E-state index in [0.29, 0.717) is 19.0 Å². The van der Waals surface area contributed by atoms with Crippen molar-refractivity contribution in [3.63, 3.8) is 0 Å². The molecule has 0 aliphatic heterocycles. The minimum Gasteiger partial charge on any atom is -0.361 e. The SMILES string of the molecule is CCOCn1cccc1C#N. The van der Waals surface area contributed by atoms with Crippen LogP contribution in [0.2, 0.25) is 0 Å². The fourth-order valence-corrected chi connectivity index (χ4v) is 0.818. The molecular weight excluding hydrogens is 140 g/mol. The van der Waals surface area contributed by atoms with Crippen molar-refractivity contribution in [2.75, 3.05) is 6.61 Å². The van der Waals surface area contributed by atoms with Gasteiger partial charge in [0, 0.05) is 12.8 Å². The molecule has 0 saturated carbocycles. The van der Waals surface area contributed by atoms with E-state index in [0.717, 1.165) is 0 Å². The first-order valence-corrected chi connectivity index (χ1v) is 3.51. The average molecular weight is 150 g/mol. The summed E-state index contributed by atoms with van der Waals surface area (Å²) in [6, 6.07) is 5.66. The molecule has 1 rings (SSSR count). The number of nitrogens with zero attached hydrogens (tertiary/aromatic N) is 2. The van der Waals surface area contributed by atoms with Crippen molar-refractivity contribution in [3.05, 3.63) is 24.0 Å². The summed E-state index contributed by atoms with van der Waals surface area (Å²) in [5, 5.41) is 8.58. The van der Waals surface area contributed by atoms with Gasteiger partial charge in [-0.2, -0.15) is 5.26 Å². The summed E-state index contributed by atoms with van der Waals surface area (Å²) in [7, 11) is 0. The maximum absolute atomic E-state index is 8.58. The molecule has 1 aromatic rings. The topological polar surface area (TPSA) is 38.0 Å². The highest BCUT2D eigenvalue weighted by Crippen LogP contribution is 1.99. The van der Waals surface area contributed by atoms with E-state index in [1.807, 2.05) is 19.2 Å². The number of aromatic nitrogens is 1. The van der Waals surface area contributed by atoms with Crippen LogP contribution in [0.15, 0.2) is 18.3 Å². The van der Waals surface area contributed by atoms with Crippen LogP contribution in [0.1, 0.15) is 12.6 Å². The first-order chi connectivity index (χ1) is 5.38. The zero-order valence-corrected chi connectivity index (χ0v) is 6.45.